The third-order valence-corrected chi connectivity index (χ3v) is 5.94. The van der Waals surface area contributed by atoms with E-state index >= 15 is 0 Å². The van der Waals surface area contributed by atoms with Crippen molar-refractivity contribution in [3.8, 4) is 10.6 Å². The molecule has 1 saturated carbocycles. The van der Waals surface area contributed by atoms with Crippen molar-refractivity contribution in [2.75, 3.05) is 13.1 Å². The Balaban J connectivity index is 1.46. The number of hydrogen-bond donors (Lipinski definition) is 0. The molecule has 4 rings (SSSR count). The number of alkyl halides is 3. The van der Waals surface area contributed by atoms with Crippen molar-refractivity contribution < 1.29 is 22.7 Å². The Morgan fingerprint density at radius 1 is 1.21 bits per heavy atom. The van der Waals surface area contributed by atoms with E-state index in [1.165, 1.54) is 23.5 Å². The summed E-state index contributed by atoms with van der Waals surface area (Å²) in [6, 6.07) is 2.81. The first kappa shape index (κ1) is 19.1. The van der Waals surface area contributed by atoms with Gasteiger partial charge in [-0.15, -0.1) is 10.2 Å². The molecule has 3 heterocycles. The Labute approximate surface area is 163 Å². The lowest BCUT2D eigenvalue weighted by Gasteiger charge is -2.25. The van der Waals surface area contributed by atoms with Gasteiger partial charge in [-0.2, -0.15) is 13.2 Å². The van der Waals surface area contributed by atoms with Gasteiger partial charge in [-0.05, 0) is 44.7 Å². The van der Waals surface area contributed by atoms with Crippen molar-refractivity contribution in [1.29, 1.82) is 0 Å². The monoisotopic (exact) mass is 412 g/mol. The molecule has 28 heavy (non-hydrogen) atoms. The van der Waals surface area contributed by atoms with Crippen LogP contribution in [-0.2, 0) is 10.9 Å². The Hall–Kier alpha value is -2.23. The van der Waals surface area contributed by atoms with Crippen LogP contribution in [-0.4, -0.2) is 44.9 Å². The molecule has 2 aliphatic rings. The van der Waals surface area contributed by atoms with Gasteiger partial charge >= 0.3 is 12.3 Å². The largest absolute Gasteiger partial charge is 0.444 e. The van der Waals surface area contributed by atoms with Crippen molar-refractivity contribution >= 4 is 17.4 Å². The number of pyridine rings is 1. The minimum absolute atomic E-state index is 0.0556. The molecule has 0 N–H and O–H groups in total. The molecule has 1 aliphatic carbocycles. The lowest BCUT2D eigenvalue weighted by Crippen LogP contribution is -2.36. The first-order valence-corrected chi connectivity index (χ1v) is 9.70. The smallest absolute Gasteiger partial charge is 0.434 e. The molecule has 6 nitrogen and oxygen atoms in total. The van der Waals surface area contributed by atoms with E-state index in [0.29, 0.717) is 18.1 Å². The number of nitrogens with zero attached hydrogens (tertiary/aromatic N) is 4. The maximum Gasteiger partial charge on any atom is 0.434 e. The Bertz CT molecular complexity index is 897. The Kier molecular flexibility index (Phi) is 4.36. The lowest BCUT2D eigenvalue weighted by atomic mass is 10.2. The minimum atomic E-state index is -4.55. The van der Waals surface area contributed by atoms with Gasteiger partial charge in [0.2, 0.25) is 0 Å². The molecule has 1 amide bonds. The molecule has 150 valence electrons. The van der Waals surface area contributed by atoms with Crippen molar-refractivity contribution in [3.05, 3.63) is 29.0 Å². The molecule has 1 saturated heterocycles. The summed E-state index contributed by atoms with van der Waals surface area (Å²) in [5.74, 6) is 0.643. The molecule has 10 heteroatoms. The highest BCUT2D eigenvalue weighted by molar-refractivity contribution is 7.14. The van der Waals surface area contributed by atoms with Crippen LogP contribution in [0.1, 0.15) is 37.4 Å². The molecule has 0 bridgehead atoms. The van der Waals surface area contributed by atoms with Crippen molar-refractivity contribution in [2.45, 2.75) is 38.5 Å². The van der Waals surface area contributed by atoms with Gasteiger partial charge in [0, 0.05) is 30.8 Å². The van der Waals surface area contributed by atoms with Gasteiger partial charge in [0.1, 0.15) is 15.6 Å². The number of piperidine rings is 1. The molecule has 2 unspecified atom stereocenters. The zero-order valence-corrected chi connectivity index (χ0v) is 16.3. The summed E-state index contributed by atoms with van der Waals surface area (Å²) < 4.78 is 44.9. The first-order chi connectivity index (χ1) is 13.0. The number of rotatable bonds is 2. The van der Waals surface area contributed by atoms with Gasteiger partial charge in [0.25, 0.3) is 0 Å². The number of aromatic nitrogens is 3. The summed E-state index contributed by atoms with van der Waals surface area (Å²) in [6.45, 7) is 6.60. The number of amides is 1. The van der Waals surface area contributed by atoms with Crippen LogP contribution < -0.4 is 0 Å². The zero-order chi connectivity index (χ0) is 20.3. The van der Waals surface area contributed by atoms with Gasteiger partial charge in [-0.3, -0.25) is 4.98 Å². The summed E-state index contributed by atoms with van der Waals surface area (Å²) in [6.07, 6.45) is -3.77. The average molecular weight is 412 g/mol. The minimum Gasteiger partial charge on any atom is -0.444 e. The molecule has 0 radical (unpaired) electrons. The number of ether oxygens (including phenoxy) is 1. The standard InChI is InChI=1S/C18H19F3N4O2S/c1-17(2,3)27-16(26)25-7-10-11(8-25)12(10)15-24-23-14(28-15)9-5-4-6-22-13(9)18(19,20)21/h4-6,10-12H,7-8H2,1-3H3. The normalized spacial score (nSPS) is 24.2. The van der Waals surface area contributed by atoms with Crippen LogP contribution in [0.2, 0.25) is 0 Å². The molecule has 2 fully saturated rings. The van der Waals surface area contributed by atoms with E-state index in [1.807, 2.05) is 20.8 Å². The highest BCUT2D eigenvalue weighted by Gasteiger charge is 2.59. The summed E-state index contributed by atoms with van der Waals surface area (Å²) >= 11 is 1.17. The number of carbonyl (C=O) groups is 1. The highest BCUT2D eigenvalue weighted by Crippen LogP contribution is 2.59. The second-order valence-corrected chi connectivity index (χ2v) is 9.09. The number of carbonyl (C=O) groups excluding carboxylic acids is 1. The van der Waals surface area contributed by atoms with Crippen LogP contribution in [0.5, 0.6) is 0 Å². The van der Waals surface area contributed by atoms with Gasteiger partial charge in [0.15, 0.2) is 5.69 Å². The fourth-order valence-corrected chi connectivity index (χ4v) is 4.77. The van der Waals surface area contributed by atoms with Crippen molar-refractivity contribution in [3.63, 3.8) is 0 Å². The number of hydrogen-bond acceptors (Lipinski definition) is 6. The van der Waals surface area contributed by atoms with E-state index in [2.05, 4.69) is 15.2 Å². The summed E-state index contributed by atoms with van der Waals surface area (Å²) in [7, 11) is 0. The second kappa shape index (κ2) is 6.40. The summed E-state index contributed by atoms with van der Waals surface area (Å²) in [5, 5.41) is 9.03. The van der Waals surface area contributed by atoms with E-state index in [-0.39, 0.29) is 34.4 Å². The molecular formula is C18H19F3N4O2S. The molecule has 2 aromatic rings. The van der Waals surface area contributed by atoms with Gasteiger partial charge in [-0.1, -0.05) is 11.3 Å². The molecule has 2 atom stereocenters. The van der Waals surface area contributed by atoms with Crippen LogP contribution in [0.3, 0.4) is 0 Å². The number of likely N-dealkylation sites (tertiary alicyclic amines) is 1. The van der Waals surface area contributed by atoms with E-state index < -0.39 is 17.5 Å². The van der Waals surface area contributed by atoms with Crippen LogP contribution in [0, 0.1) is 11.8 Å². The van der Waals surface area contributed by atoms with Crippen molar-refractivity contribution in [2.24, 2.45) is 11.8 Å². The Morgan fingerprint density at radius 2 is 1.89 bits per heavy atom. The highest BCUT2D eigenvalue weighted by atomic mass is 32.1. The molecule has 0 aromatic carbocycles. The van der Waals surface area contributed by atoms with Crippen molar-refractivity contribution in [1.82, 2.24) is 20.1 Å². The summed E-state index contributed by atoms with van der Waals surface area (Å²) in [5.41, 5.74) is -1.55. The van der Waals surface area contributed by atoms with Crippen LogP contribution >= 0.6 is 11.3 Å². The van der Waals surface area contributed by atoms with E-state index in [4.69, 9.17) is 4.74 Å². The molecular weight excluding hydrogens is 393 g/mol. The SMILES string of the molecule is CC(C)(C)OC(=O)N1CC2C(C1)C2c1nnc(-c2cccnc2C(F)(F)F)s1. The molecule has 0 spiro atoms. The number of halogens is 3. The van der Waals surface area contributed by atoms with E-state index in [9.17, 15) is 18.0 Å². The maximum absolute atomic E-state index is 13.2. The van der Waals surface area contributed by atoms with Gasteiger partial charge in [-0.25, -0.2) is 4.79 Å². The van der Waals surface area contributed by atoms with E-state index in [0.717, 1.165) is 6.20 Å². The zero-order valence-electron chi connectivity index (χ0n) is 15.5. The predicted molar refractivity (Wildman–Crippen MR) is 95.7 cm³/mol. The first-order valence-electron chi connectivity index (χ1n) is 8.88. The lowest BCUT2D eigenvalue weighted by molar-refractivity contribution is -0.140. The predicted octanol–water partition coefficient (Wildman–Crippen LogP) is 4.20. The number of fused-ring (bicyclic) bond motifs is 1. The van der Waals surface area contributed by atoms with E-state index in [1.54, 1.807) is 4.90 Å². The van der Waals surface area contributed by atoms with Gasteiger partial charge in [0.05, 0.1) is 0 Å². The third-order valence-electron chi connectivity index (χ3n) is 4.88. The average Bonchev–Trinajstić information content (AvgIpc) is 2.99. The quantitative estimate of drug-likeness (QED) is 0.740. The second-order valence-electron chi connectivity index (χ2n) is 8.08. The van der Waals surface area contributed by atoms with Crippen LogP contribution in [0.15, 0.2) is 18.3 Å². The fraction of sp³-hybridized carbons (Fsp3) is 0.556. The summed E-state index contributed by atoms with van der Waals surface area (Å²) in [4.78, 5) is 17.3. The molecule has 2 aromatic heterocycles. The van der Waals surface area contributed by atoms with Crippen LogP contribution in [0.25, 0.3) is 10.6 Å². The van der Waals surface area contributed by atoms with Gasteiger partial charge < -0.3 is 9.64 Å². The fourth-order valence-electron chi connectivity index (χ4n) is 3.65. The Morgan fingerprint density at radius 3 is 2.50 bits per heavy atom. The third kappa shape index (κ3) is 3.57. The van der Waals surface area contributed by atoms with Crippen LogP contribution in [0.4, 0.5) is 18.0 Å². The maximum atomic E-state index is 13.2. The molecule has 1 aliphatic heterocycles. The topological polar surface area (TPSA) is 68.2 Å².